The van der Waals surface area contributed by atoms with E-state index in [4.69, 9.17) is 4.52 Å². The molecule has 8 heteroatoms. The van der Waals surface area contributed by atoms with Gasteiger partial charge in [0.15, 0.2) is 5.82 Å². The molecule has 0 spiro atoms. The molecule has 3 aromatic rings. The summed E-state index contributed by atoms with van der Waals surface area (Å²) in [5.41, 5.74) is 1.27. The Morgan fingerprint density at radius 3 is 2.56 bits per heavy atom. The van der Waals surface area contributed by atoms with E-state index < -0.39 is 5.76 Å². The van der Waals surface area contributed by atoms with Crippen LogP contribution in [-0.4, -0.2) is 51.6 Å². The molecular formula is C19H20N4O3S. The van der Waals surface area contributed by atoms with E-state index in [0.717, 1.165) is 24.5 Å². The van der Waals surface area contributed by atoms with Gasteiger partial charge in [-0.05, 0) is 17.0 Å². The molecule has 0 unspecified atom stereocenters. The van der Waals surface area contributed by atoms with Gasteiger partial charge in [0.2, 0.25) is 5.91 Å². The van der Waals surface area contributed by atoms with E-state index in [-0.39, 0.29) is 12.5 Å². The van der Waals surface area contributed by atoms with E-state index in [1.807, 2.05) is 35.7 Å². The normalized spacial score (nSPS) is 15.2. The second-order valence-electron chi connectivity index (χ2n) is 6.48. The van der Waals surface area contributed by atoms with Crippen LogP contribution in [0.2, 0.25) is 0 Å². The van der Waals surface area contributed by atoms with E-state index in [0.29, 0.717) is 18.9 Å². The van der Waals surface area contributed by atoms with Crippen molar-refractivity contribution >= 4 is 17.2 Å². The molecule has 0 saturated carbocycles. The Bertz CT molecular complexity index is 941. The first-order chi connectivity index (χ1) is 13.2. The summed E-state index contributed by atoms with van der Waals surface area (Å²) >= 11 is 1.45. The lowest BCUT2D eigenvalue weighted by atomic mass is 10.2. The molecule has 1 fully saturated rings. The first-order valence-corrected chi connectivity index (χ1v) is 9.73. The molecule has 3 heterocycles. The molecule has 140 valence electrons. The molecule has 1 amide bonds. The molecule has 27 heavy (non-hydrogen) atoms. The molecule has 1 aromatic carbocycles. The van der Waals surface area contributed by atoms with Crippen molar-refractivity contribution in [2.45, 2.75) is 13.1 Å². The molecule has 7 nitrogen and oxygen atoms in total. The Balaban J connectivity index is 1.37. The molecule has 0 atom stereocenters. The summed E-state index contributed by atoms with van der Waals surface area (Å²) in [6, 6.07) is 14.0. The molecule has 2 aromatic heterocycles. The first-order valence-electron chi connectivity index (χ1n) is 8.85. The Kier molecular flexibility index (Phi) is 5.17. The smallest absolute Gasteiger partial charge is 0.339 e. The Morgan fingerprint density at radius 1 is 1.07 bits per heavy atom. The minimum absolute atomic E-state index is 0.0474. The van der Waals surface area contributed by atoms with Crippen LogP contribution in [0, 0.1) is 0 Å². The van der Waals surface area contributed by atoms with Gasteiger partial charge in [-0.3, -0.25) is 14.2 Å². The average Bonchev–Trinajstić information content (AvgIpc) is 3.34. The molecule has 0 N–H and O–H groups in total. The monoisotopic (exact) mass is 384 g/mol. The zero-order chi connectivity index (χ0) is 18.6. The number of carbonyl (C=O) groups excluding carboxylic acids is 1. The molecule has 1 aliphatic heterocycles. The molecule has 0 aliphatic carbocycles. The number of amides is 1. The summed E-state index contributed by atoms with van der Waals surface area (Å²) in [4.78, 5) is 29.6. The van der Waals surface area contributed by atoms with E-state index in [2.05, 4.69) is 22.2 Å². The van der Waals surface area contributed by atoms with Crippen LogP contribution >= 0.6 is 11.3 Å². The largest absolute Gasteiger partial charge is 0.442 e. The maximum absolute atomic E-state index is 12.7. The number of thiophene rings is 1. The topological polar surface area (TPSA) is 71.6 Å². The van der Waals surface area contributed by atoms with Gasteiger partial charge in [0, 0.05) is 32.7 Å². The number of rotatable bonds is 5. The first kappa shape index (κ1) is 17.7. The van der Waals surface area contributed by atoms with Crippen molar-refractivity contribution < 1.29 is 9.32 Å². The Hall–Kier alpha value is -2.71. The van der Waals surface area contributed by atoms with E-state index in [9.17, 15) is 9.59 Å². The second-order valence-corrected chi connectivity index (χ2v) is 7.43. The molecule has 4 rings (SSSR count). The van der Waals surface area contributed by atoms with Gasteiger partial charge in [-0.25, -0.2) is 9.36 Å². The summed E-state index contributed by atoms with van der Waals surface area (Å²) in [6.07, 6.45) is 0. The Morgan fingerprint density at radius 2 is 1.85 bits per heavy atom. The number of carbonyl (C=O) groups is 1. The highest BCUT2D eigenvalue weighted by Gasteiger charge is 2.24. The van der Waals surface area contributed by atoms with Crippen LogP contribution < -0.4 is 5.76 Å². The van der Waals surface area contributed by atoms with Gasteiger partial charge in [0.1, 0.15) is 6.54 Å². The van der Waals surface area contributed by atoms with Crippen LogP contribution in [-0.2, 0) is 17.9 Å². The lowest BCUT2D eigenvalue weighted by molar-refractivity contribution is -0.133. The van der Waals surface area contributed by atoms with Crippen molar-refractivity contribution in [3.05, 3.63) is 64.0 Å². The van der Waals surface area contributed by atoms with Crippen LogP contribution in [0.25, 0.3) is 10.7 Å². The van der Waals surface area contributed by atoms with Crippen LogP contribution in [0.15, 0.2) is 57.2 Å². The molecule has 1 aliphatic rings. The van der Waals surface area contributed by atoms with E-state index in [1.165, 1.54) is 21.5 Å². The summed E-state index contributed by atoms with van der Waals surface area (Å²) in [7, 11) is 0. The summed E-state index contributed by atoms with van der Waals surface area (Å²) in [5.74, 6) is -0.280. The van der Waals surface area contributed by atoms with Gasteiger partial charge in [-0.15, -0.1) is 11.3 Å². The van der Waals surface area contributed by atoms with Crippen LogP contribution in [0.4, 0.5) is 0 Å². The van der Waals surface area contributed by atoms with Gasteiger partial charge in [-0.1, -0.05) is 41.6 Å². The van der Waals surface area contributed by atoms with Crippen molar-refractivity contribution in [2.24, 2.45) is 0 Å². The number of nitrogens with zero attached hydrogens (tertiary/aromatic N) is 4. The lowest BCUT2D eigenvalue weighted by Crippen LogP contribution is -2.49. The van der Waals surface area contributed by atoms with Crippen LogP contribution in [0.3, 0.4) is 0 Å². The molecule has 0 radical (unpaired) electrons. The van der Waals surface area contributed by atoms with Crippen LogP contribution in [0.5, 0.6) is 0 Å². The predicted molar refractivity (Wildman–Crippen MR) is 102 cm³/mol. The van der Waals surface area contributed by atoms with Crippen molar-refractivity contribution in [3.63, 3.8) is 0 Å². The number of benzene rings is 1. The van der Waals surface area contributed by atoms with E-state index >= 15 is 0 Å². The Labute approximate surface area is 160 Å². The molecule has 0 bridgehead atoms. The predicted octanol–water partition coefficient (Wildman–Crippen LogP) is 1.91. The van der Waals surface area contributed by atoms with Gasteiger partial charge >= 0.3 is 5.76 Å². The van der Waals surface area contributed by atoms with Gasteiger partial charge < -0.3 is 4.90 Å². The van der Waals surface area contributed by atoms with Crippen molar-refractivity contribution in [1.82, 2.24) is 19.5 Å². The number of hydrogen-bond acceptors (Lipinski definition) is 6. The van der Waals surface area contributed by atoms with Crippen molar-refractivity contribution in [3.8, 4) is 10.7 Å². The molecular weight excluding hydrogens is 364 g/mol. The fraction of sp³-hybridized carbons (Fsp3) is 0.316. The third-order valence-electron chi connectivity index (χ3n) is 4.70. The van der Waals surface area contributed by atoms with Gasteiger partial charge in [0.05, 0.1) is 4.88 Å². The maximum atomic E-state index is 12.7. The number of aromatic nitrogens is 2. The quantitative estimate of drug-likeness (QED) is 0.672. The van der Waals surface area contributed by atoms with Gasteiger partial charge in [-0.2, -0.15) is 0 Å². The SMILES string of the molecule is O=C(Cn1c(-c2cccs2)noc1=O)N1CCN(Cc2ccccc2)CC1. The summed E-state index contributed by atoms with van der Waals surface area (Å²) < 4.78 is 6.09. The van der Waals surface area contributed by atoms with E-state index in [1.54, 1.807) is 4.90 Å². The molecule has 1 saturated heterocycles. The highest BCUT2D eigenvalue weighted by Crippen LogP contribution is 2.21. The zero-order valence-corrected chi connectivity index (χ0v) is 15.6. The highest BCUT2D eigenvalue weighted by molar-refractivity contribution is 7.13. The van der Waals surface area contributed by atoms with Crippen molar-refractivity contribution in [1.29, 1.82) is 0 Å². The number of piperazine rings is 1. The number of hydrogen-bond donors (Lipinski definition) is 0. The average molecular weight is 384 g/mol. The lowest BCUT2D eigenvalue weighted by Gasteiger charge is -2.34. The third kappa shape index (κ3) is 4.01. The fourth-order valence-electron chi connectivity index (χ4n) is 3.22. The standard InChI is InChI=1S/C19H20N4O3S/c24-17(14-23-18(20-26-19(23)25)16-7-4-12-27-16)22-10-8-21(9-11-22)13-15-5-2-1-3-6-15/h1-7,12H,8-11,13-14H2. The van der Waals surface area contributed by atoms with Gasteiger partial charge in [0.25, 0.3) is 0 Å². The minimum Gasteiger partial charge on any atom is -0.339 e. The zero-order valence-electron chi connectivity index (χ0n) is 14.8. The van der Waals surface area contributed by atoms with Crippen LogP contribution in [0.1, 0.15) is 5.56 Å². The maximum Gasteiger partial charge on any atom is 0.442 e. The fourth-order valence-corrected chi connectivity index (χ4v) is 3.94. The van der Waals surface area contributed by atoms with Crippen molar-refractivity contribution in [2.75, 3.05) is 26.2 Å². The highest BCUT2D eigenvalue weighted by atomic mass is 32.1. The minimum atomic E-state index is -0.602. The summed E-state index contributed by atoms with van der Waals surface area (Å²) in [5, 5.41) is 5.72. The summed E-state index contributed by atoms with van der Waals surface area (Å²) in [6.45, 7) is 3.78. The second kappa shape index (κ2) is 7.89. The third-order valence-corrected chi connectivity index (χ3v) is 5.56.